The molecule has 0 radical (unpaired) electrons. The van der Waals surface area contributed by atoms with Gasteiger partial charge in [0.15, 0.2) is 0 Å². The predicted molar refractivity (Wildman–Crippen MR) is 92.3 cm³/mol. The summed E-state index contributed by atoms with van der Waals surface area (Å²) >= 11 is 0. The van der Waals surface area contributed by atoms with Crippen molar-refractivity contribution in [3.8, 4) is 0 Å². The van der Waals surface area contributed by atoms with Crippen molar-refractivity contribution in [2.24, 2.45) is 0 Å². The number of hydrogen-bond donors (Lipinski definition) is 0. The van der Waals surface area contributed by atoms with Crippen LogP contribution in [-0.4, -0.2) is 70.1 Å². The first kappa shape index (κ1) is 17.7. The normalized spacial score (nSPS) is 16.7. The smallest absolute Gasteiger partial charge is 0.253 e. The van der Waals surface area contributed by atoms with Gasteiger partial charge in [0, 0.05) is 51.5 Å². The number of carbonyl (C=O) groups excluding carboxylic acids is 1. The molecule has 7 heteroatoms. The van der Waals surface area contributed by atoms with Crippen LogP contribution in [0.1, 0.15) is 23.2 Å². The zero-order valence-electron chi connectivity index (χ0n) is 14.2. The number of amides is 1. The number of hydrogen-bond acceptors (Lipinski definition) is 4. The Morgan fingerprint density at radius 2 is 1.78 bits per heavy atom. The van der Waals surface area contributed by atoms with E-state index < -0.39 is 10.0 Å². The maximum Gasteiger partial charge on any atom is 0.253 e. The molecule has 1 heterocycles. The van der Waals surface area contributed by atoms with Gasteiger partial charge in [-0.15, -0.1) is 0 Å². The van der Waals surface area contributed by atoms with Crippen molar-refractivity contribution in [1.29, 1.82) is 0 Å². The van der Waals surface area contributed by atoms with E-state index in [2.05, 4.69) is 0 Å². The van der Waals surface area contributed by atoms with Gasteiger partial charge < -0.3 is 9.80 Å². The molecule has 23 heavy (non-hydrogen) atoms. The summed E-state index contributed by atoms with van der Waals surface area (Å²) in [6.07, 6.45) is 2.56. The van der Waals surface area contributed by atoms with Crippen molar-refractivity contribution in [2.45, 2.75) is 18.9 Å². The van der Waals surface area contributed by atoms with Crippen molar-refractivity contribution in [3.63, 3.8) is 0 Å². The third-order valence-electron chi connectivity index (χ3n) is 4.40. The minimum atomic E-state index is -3.18. The minimum Gasteiger partial charge on any atom is -0.378 e. The molecular weight excluding hydrogens is 314 g/mol. The average molecular weight is 339 g/mol. The fraction of sp³-hybridized carbons (Fsp3) is 0.562. The van der Waals surface area contributed by atoms with Gasteiger partial charge in [0.2, 0.25) is 10.0 Å². The van der Waals surface area contributed by atoms with E-state index in [1.807, 2.05) is 43.3 Å². The molecule has 0 atom stereocenters. The molecule has 1 saturated heterocycles. The van der Waals surface area contributed by atoms with Gasteiger partial charge in [0.25, 0.3) is 5.91 Å². The molecule has 0 aromatic heterocycles. The van der Waals surface area contributed by atoms with E-state index in [1.165, 1.54) is 10.6 Å². The monoisotopic (exact) mass is 339 g/mol. The zero-order chi connectivity index (χ0) is 17.2. The topological polar surface area (TPSA) is 60.9 Å². The molecule has 0 saturated carbocycles. The molecule has 0 N–H and O–H groups in total. The Morgan fingerprint density at radius 1 is 1.17 bits per heavy atom. The van der Waals surface area contributed by atoms with Crippen LogP contribution in [0.15, 0.2) is 24.3 Å². The second-order valence-electron chi connectivity index (χ2n) is 6.25. The minimum absolute atomic E-state index is 0.00848. The van der Waals surface area contributed by atoms with Crippen LogP contribution >= 0.6 is 0 Å². The van der Waals surface area contributed by atoms with Crippen molar-refractivity contribution >= 4 is 21.6 Å². The van der Waals surface area contributed by atoms with Gasteiger partial charge in [-0.25, -0.2) is 12.7 Å². The number of nitrogens with zero attached hydrogens (tertiary/aromatic N) is 3. The SMILES string of the molecule is CN(C)c1cccc(C(=O)N2CCC(N(C)S(C)(=O)=O)CC2)c1. The first-order chi connectivity index (χ1) is 10.7. The summed E-state index contributed by atoms with van der Waals surface area (Å²) in [6, 6.07) is 7.53. The number of carbonyl (C=O) groups is 1. The van der Waals surface area contributed by atoms with E-state index in [0.717, 1.165) is 5.69 Å². The molecule has 0 unspecified atom stereocenters. The number of likely N-dealkylation sites (tertiary alicyclic amines) is 1. The molecule has 1 aromatic carbocycles. The molecule has 128 valence electrons. The highest BCUT2D eigenvalue weighted by Gasteiger charge is 2.29. The van der Waals surface area contributed by atoms with Crippen LogP contribution in [0.3, 0.4) is 0 Å². The van der Waals surface area contributed by atoms with Crippen LogP contribution in [0.2, 0.25) is 0 Å². The number of benzene rings is 1. The summed E-state index contributed by atoms with van der Waals surface area (Å²) in [4.78, 5) is 16.4. The molecule has 1 aliphatic heterocycles. The van der Waals surface area contributed by atoms with Gasteiger partial charge in [-0.3, -0.25) is 4.79 Å². The Labute approximate surface area is 138 Å². The van der Waals surface area contributed by atoms with Crippen molar-refractivity contribution < 1.29 is 13.2 Å². The van der Waals surface area contributed by atoms with Crippen LogP contribution in [0.25, 0.3) is 0 Å². The molecule has 0 aliphatic carbocycles. The van der Waals surface area contributed by atoms with E-state index >= 15 is 0 Å². The van der Waals surface area contributed by atoms with Gasteiger partial charge in [0.05, 0.1) is 6.26 Å². The van der Waals surface area contributed by atoms with Crippen molar-refractivity contribution in [1.82, 2.24) is 9.21 Å². The maximum absolute atomic E-state index is 12.6. The van der Waals surface area contributed by atoms with Crippen LogP contribution in [-0.2, 0) is 10.0 Å². The van der Waals surface area contributed by atoms with E-state index in [4.69, 9.17) is 0 Å². The van der Waals surface area contributed by atoms with Gasteiger partial charge in [-0.05, 0) is 31.0 Å². The summed E-state index contributed by atoms with van der Waals surface area (Å²) < 4.78 is 24.6. The first-order valence-electron chi connectivity index (χ1n) is 7.70. The van der Waals surface area contributed by atoms with Gasteiger partial charge in [-0.2, -0.15) is 0 Å². The largest absolute Gasteiger partial charge is 0.378 e. The van der Waals surface area contributed by atoms with Crippen molar-refractivity contribution in [3.05, 3.63) is 29.8 Å². The fourth-order valence-corrected chi connectivity index (χ4v) is 3.56. The molecule has 1 fully saturated rings. The molecule has 1 aromatic rings. The molecule has 6 nitrogen and oxygen atoms in total. The van der Waals surface area contributed by atoms with Gasteiger partial charge in [-0.1, -0.05) is 6.07 Å². The Morgan fingerprint density at radius 3 is 2.30 bits per heavy atom. The van der Waals surface area contributed by atoms with Crippen molar-refractivity contribution in [2.75, 3.05) is 45.4 Å². The summed E-state index contributed by atoms with van der Waals surface area (Å²) in [5.74, 6) is 0.00848. The predicted octanol–water partition coefficient (Wildman–Crippen LogP) is 1.25. The van der Waals surface area contributed by atoms with E-state index in [-0.39, 0.29) is 11.9 Å². The quantitative estimate of drug-likeness (QED) is 0.828. The summed E-state index contributed by atoms with van der Waals surface area (Å²) in [7, 11) is 2.31. The standard InChI is InChI=1S/C16H25N3O3S/c1-17(2)15-7-5-6-13(12-15)16(20)19-10-8-14(9-11-19)18(3)23(4,21)22/h5-7,12,14H,8-11H2,1-4H3. The Kier molecular flexibility index (Phi) is 5.31. The second-order valence-corrected chi connectivity index (χ2v) is 8.29. The average Bonchev–Trinajstić information content (AvgIpc) is 2.53. The van der Waals surface area contributed by atoms with Crippen LogP contribution in [0.4, 0.5) is 5.69 Å². The van der Waals surface area contributed by atoms with E-state index in [9.17, 15) is 13.2 Å². The van der Waals surface area contributed by atoms with Gasteiger partial charge in [0.1, 0.15) is 0 Å². The lowest BCUT2D eigenvalue weighted by Crippen LogP contribution is -2.47. The first-order valence-corrected chi connectivity index (χ1v) is 9.54. The lowest BCUT2D eigenvalue weighted by atomic mass is 10.0. The molecule has 0 bridgehead atoms. The highest BCUT2D eigenvalue weighted by atomic mass is 32.2. The molecular formula is C16H25N3O3S. The Bertz CT molecular complexity index is 665. The Balaban J connectivity index is 2.03. The summed E-state index contributed by atoms with van der Waals surface area (Å²) in [6.45, 7) is 1.16. The van der Waals surface area contributed by atoms with E-state index in [1.54, 1.807) is 11.9 Å². The third-order valence-corrected chi connectivity index (χ3v) is 5.74. The number of rotatable bonds is 4. The molecule has 1 amide bonds. The maximum atomic E-state index is 12.6. The summed E-state index contributed by atoms with van der Waals surface area (Å²) in [5.41, 5.74) is 1.66. The second kappa shape index (κ2) is 6.88. The lowest BCUT2D eigenvalue weighted by molar-refractivity contribution is 0.0686. The molecule has 2 rings (SSSR count). The van der Waals surface area contributed by atoms with Crippen LogP contribution < -0.4 is 4.90 Å². The van der Waals surface area contributed by atoms with E-state index in [0.29, 0.717) is 31.5 Å². The zero-order valence-corrected chi connectivity index (χ0v) is 15.0. The molecule has 1 aliphatic rings. The Hall–Kier alpha value is -1.60. The fourth-order valence-electron chi connectivity index (χ4n) is 2.80. The van der Waals surface area contributed by atoms with Crippen LogP contribution in [0.5, 0.6) is 0 Å². The third kappa shape index (κ3) is 4.23. The lowest BCUT2D eigenvalue weighted by Gasteiger charge is -2.35. The number of sulfonamides is 1. The number of anilines is 1. The van der Waals surface area contributed by atoms with Crippen LogP contribution in [0, 0.1) is 0 Å². The van der Waals surface area contributed by atoms with Gasteiger partial charge >= 0.3 is 0 Å². The number of piperidine rings is 1. The highest BCUT2D eigenvalue weighted by Crippen LogP contribution is 2.21. The highest BCUT2D eigenvalue weighted by molar-refractivity contribution is 7.88. The molecule has 0 spiro atoms. The summed E-state index contributed by atoms with van der Waals surface area (Å²) in [5, 5.41) is 0.